The highest BCUT2D eigenvalue weighted by molar-refractivity contribution is 7.13. The van der Waals surface area contributed by atoms with Gasteiger partial charge in [0.05, 0.1) is 12.1 Å². The van der Waals surface area contributed by atoms with E-state index >= 15 is 0 Å². The minimum Gasteiger partial charge on any atom is -0.309 e. The normalized spacial score (nSPS) is 10.8. The number of hydrogen-bond donors (Lipinski definition) is 1. The summed E-state index contributed by atoms with van der Waals surface area (Å²) in [7, 11) is 0. The van der Waals surface area contributed by atoms with Crippen LogP contribution in [0.5, 0.6) is 0 Å². The molecule has 0 bridgehead atoms. The van der Waals surface area contributed by atoms with E-state index in [2.05, 4.69) is 37.8 Å². The van der Waals surface area contributed by atoms with Crippen molar-refractivity contribution in [3.63, 3.8) is 0 Å². The first-order valence-electron chi connectivity index (χ1n) is 12.2. The minimum absolute atomic E-state index is 0.0703. The zero-order valence-electron chi connectivity index (χ0n) is 20.1. The van der Waals surface area contributed by atoms with Crippen LogP contribution in [0.25, 0.3) is 0 Å². The number of rotatable bonds is 13. The molecular weight excluding hydrogens is 470 g/mol. The molecule has 36 heavy (non-hydrogen) atoms. The summed E-state index contributed by atoms with van der Waals surface area (Å²) in [4.78, 5) is 24.6. The largest absolute Gasteiger partial charge is 0.309 e. The van der Waals surface area contributed by atoms with E-state index in [-0.39, 0.29) is 11.7 Å². The third kappa shape index (κ3) is 8.16. The molecule has 0 saturated heterocycles. The quantitative estimate of drug-likeness (QED) is 0.199. The number of nitrogens with zero attached hydrogens (tertiary/aromatic N) is 4. The molecule has 0 fully saturated rings. The molecule has 2 heterocycles. The van der Waals surface area contributed by atoms with Gasteiger partial charge in [-0.15, -0.1) is 15.3 Å². The molecule has 0 radical (unpaired) electrons. The molecule has 2 aromatic carbocycles. The smallest absolute Gasteiger partial charge is 0.229 e. The van der Waals surface area contributed by atoms with Crippen LogP contribution in [0.3, 0.4) is 0 Å². The zero-order valence-corrected chi connectivity index (χ0v) is 20.9. The fourth-order valence-corrected chi connectivity index (χ4v) is 4.63. The number of benzene rings is 2. The Morgan fingerprint density at radius 1 is 0.694 bits per heavy atom. The Labute approximate surface area is 215 Å². The van der Waals surface area contributed by atoms with Gasteiger partial charge in [0.15, 0.2) is 16.6 Å². The van der Waals surface area contributed by atoms with Crippen molar-refractivity contribution in [3.05, 3.63) is 99.6 Å². The van der Waals surface area contributed by atoms with Gasteiger partial charge in [-0.25, -0.2) is 0 Å². The van der Waals surface area contributed by atoms with E-state index in [4.69, 9.17) is 0 Å². The number of unbranched alkanes of at least 4 members (excludes halogenated alkanes) is 1. The number of ketones is 1. The number of aromatic nitrogens is 4. The van der Waals surface area contributed by atoms with Gasteiger partial charge in [-0.1, -0.05) is 72.0 Å². The molecule has 0 aliphatic heterocycles. The SMILES string of the molecule is O=C(Cc1ccccc1)Nc1ccc(CCCCc2nnc(C(=O)CCCc3ccccc3)s2)nn1. The van der Waals surface area contributed by atoms with E-state index < -0.39 is 0 Å². The van der Waals surface area contributed by atoms with Gasteiger partial charge in [0.25, 0.3) is 0 Å². The van der Waals surface area contributed by atoms with E-state index in [1.165, 1.54) is 16.9 Å². The van der Waals surface area contributed by atoms with Gasteiger partial charge >= 0.3 is 0 Å². The van der Waals surface area contributed by atoms with Crippen molar-refractivity contribution in [3.8, 4) is 0 Å². The van der Waals surface area contributed by atoms with Crippen LogP contribution >= 0.6 is 11.3 Å². The molecule has 0 spiro atoms. The highest BCUT2D eigenvalue weighted by Crippen LogP contribution is 2.17. The average Bonchev–Trinajstić information content (AvgIpc) is 3.38. The third-order valence-electron chi connectivity index (χ3n) is 5.69. The Bertz CT molecular complexity index is 1240. The summed E-state index contributed by atoms with van der Waals surface area (Å²) < 4.78 is 0. The summed E-state index contributed by atoms with van der Waals surface area (Å²) in [6.07, 6.45) is 5.92. The van der Waals surface area contributed by atoms with Crippen molar-refractivity contribution in [1.82, 2.24) is 20.4 Å². The Hall–Kier alpha value is -3.78. The number of aryl methyl sites for hydroxylation is 3. The first-order valence-corrected chi connectivity index (χ1v) is 13.0. The maximum absolute atomic E-state index is 12.4. The minimum atomic E-state index is -0.116. The number of anilines is 1. The van der Waals surface area contributed by atoms with Crippen LogP contribution in [-0.4, -0.2) is 32.1 Å². The van der Waals surface area contributed by atoms with Crippen molar-refractivity contribution in [1.29, 1.82) is 0 Å². The second-order valence-corrected chi connectivity index (χ2v) is 9.65. The first-order chi connectivity index (χ1) is 17.7. The highest BCUT2D eigenvalue weighted by atomic mass is 32.1. The van der Waals surface area contributed by atoms with Crippen LogP contribution < -0.4 is 5.32 Å². The van der Waals surface area contributed by atoms with E-state index in [9.17, 15) is 9.59 Å². The van der Waals surface area contributed by atoms with Crippen molar-refractivity contribution < 1.29 is 9.59 Å². The lowest BCUT2D eigenvalue weighted by Gasteiger charge is -2.05. The Morgan fingerprint density at radius 3 is 2.14 bits per heavy atom. The maximum Gasteiger partial charge on any atom is 0.229 e. The van der Waals surface area contributed by atoms with Crippen molar-refractivity contribution >= 4 is 28.8 Å². The van der Waals surface area contributed by atoms with Gasteiger partial charge < -0.3 is 5.32 Å². The molecule has 8 heteroatoms. The Kier molecular flexibility index (Phi) is 9.39. The summed E-state index contributed by atoms with van der Waals surface area (Å²) in [5.74, 6) is 0.407. The lowest BCUT2D eigenvalue weighted by atomic mass is 10.1. The van der Waals surface area contributed by atoms with Crippen LogP contribution in [0.2, 0.25) is 0 Å². The molecule has 4 aromatic rings. The average molecular weight is 500 g/mol. The molecule has 2 aromatic heterocycles. The molecule has 0 aliphatic carbocycles. The molecule has 0 unspecified atom stereocenters. The summed E-state index contributed by atoms with van der Waals surface area (Å²) in [5, 5.41) is 20.8. The van der Waals surface area contributed by atoms with Gasteiger partial charge in [0.1, 0.15) is 5.01 Å². The van der Waals surface area contributed by atoms with Gasteiger partial charge in [-0.2, -0.15) is 5.10 Å². The number of hydrogen-bond acceptors (Lipinski definition) is 7. The maximum atomic E-state index is 12.4. The van der Waals surface area contributed by atoms with Crippen LogP contribution in [-0.2, 0) is 30.5 Å². The summed E-state index contributed by atoms with van der Waals surface area (Å²) >= 11 is 1.40. The molecule has 1 N–H and O–H groups in total. The number of nitrogens with one attached hydrogen (secondary N) is 1. The van der Waals surface area contributed by atoms with Crippen LogP contribution in [0, 0.1) is 0 Å². The standard InChI is InChI=1S/C28H29N5O2S/c34-24(16-9-14-21-10-3-1-4-11-21)28-33-32-27(36-28)17-8-7-15-23-18-19-25(31-30-23)29-26(35)20-22-12-5-2-6-13-22/h1-6,10-13,18-19H,7-9,14-17,20H2,(H,29,31,35). The van der Waals surface area contributed by atoms with Gasteiger partial charge in [-0.05, 0) is 55.4 Å². The van der Waals surface area contributed by atoms with Gasteiger partial charge in [0.2, 0.25) is 5.91 Å². The summed E-state index contributed by atoms with van der Waals surface area (Å²) in [6, 6.07) is 23.5. The highest BCUT2D eigenvalue weighted by Gasteiger charge is 2.13. The topological polar surface area (TPSA) is 97.7 Å². The first kappa shape index (κ1) is 25.3. The Balaban J connectivity index is 1.13. The van der Waals surface area contributed by atoms with Crippen LogP contribution in [0.15, 0.2) is 72.8 Å². The lowest BCUT2D eigenvalue weighted by Crippen LogP contribution is -2.15. The molecule has 1 amide bonds. The van der Waals surface area contributed by atoms with E-state index in [0.29, 0.717) is 23.7 Å². The van der Waals surface area contributed by atoms with Crippen molar-refractivity contribution in [2.24, 2.45) is 0 Å². The summed E-state index contributed by atoms with van der Waals surface area (Å²) in [5.41, 5.74) is 3.08. The van der Waals surface area contributed by atoms with E-state index in [0.717, 1.165) is 54.8 Å². The fraction of sp³-hybridized carbons (Fsp3) is 0.286. The van der Waals surface area contributed by atoms with E-state index in [1.807, 2.05) is 54.6 Å². The van der Waals surface area contributed by atoms with Crippen LogP contribution in [0.4, 0.5) is 5.82 Å². The van der Waals surface area contributed by atoms with Gasteiger partial charge in [-0.3, -0.25) is 9.59 Å². The Morgan fingerprint density at radius 2 is 1.42 bits per heavy atom. The monoisotopic (exact) mass is 499 g/mol. The van der Waals surface area contributed by atoms with Crippen molar-refractivity contribution in [2.45, 2.75) is 51.4 Å². The second-order valence-electron chi connectivity index (χ2n) is 8.59. The van der Waals surface area contributed by atoms with Crippen LogP contribution in [0.1, 0.15) is 57.3 Å². The molecule has 4 rings (SSSR count). The lowest BCUT2D eigenvalue weighted by molar-refractivity contribution is -0.115. The predicted molar refractivity (Wildman–Crippen MR) is 141 cm³/mol. The molecule has 7 nitrogen and oxygen atoms in total. The summed E-state index contributed by atoms with van der Waals surface area (Å²) in [6.45, 7) is 0. The third-order valence-corrected chi connectivity index (χ3v) is 6.71. The van der Waals surface area contributed by atoms with Gasteiger partial charge in [0, 0.05) is 12.8 Å². The number of carbonyl (C=O) groups excluding carboxylic acids is 2. The number of amides is 1. The second kappa shape index (κ2) is 13.3. The zero-order chi connectivity index (χ0) is 25.0. The van der Waals surface area contributed by atoms with E-state index in [1.54, 1.807) is 6.07 Å². The predicted octanol–water partition coefficient (Wildman–Crippen LogP) is 5.28. The number of Topliss-reactive ketones (excluding diaryl/α,β-unsaturated/α-hetero) is 1. The van der Waals surface area contributed by atoms with Crippen molar-refractivity contribution in [2.75, 3.05) is 5.32 Å². The molecule has 0 atom stereocenters. The fourth-order valence-electron chi connectivity index (χ4n) is 3.78. The molecule has 184 valence electrons. The molecule has 0 aliphatic rings. The molecule has 0 saturated carbocycles. The number of carbonyl (C=O) groups is 2. The molecular formula is C28H29N5O2S.